The summed E-state index contributed by atoms with van der Waals surface area (Å²) in [6, 6.07) is 4.59. The Bertz CT molecular complexity index is 891. The molecular formula is C17H17ClN4O3S. The zero-order valence-corrected chi connectivity index (χ0v) is 15.8. The molecule has 0 atom stereocenters. The van der Waals surface area contributed by atoms with Gasteiger partial charge in [-0.2, -0.15) is 0 Å². The van der Waals surface area contributed by atoms with E-state index in [0.717, 1.165) is 0 Å². The summed E-state index contributed by atoms with van der Waals surface area (Å²) in [7, 11) is 0. The number of aromatic nitrogens is 2. The molecule has 2 N–H and O–H groups in total. The van der Waals surface area contributed by atoms with Crippen LogP contribution >= 0.6 is 23.4 Å². The molecule has 1 aliphatic heterocycles. The first kappa shape index (κ1) is 18.5. The van der Waals surface area contributed by atoms with Crippen LogP contribution in [0.3, 0.4) is 0 Å². The molecule has 2 heterocycles. The van der Waals surface area contributed by atoms with E-state index in [1.165, 1.54) is 28.8 Å². The molecule has 1 aromatic carbocycles. The number of rotatable bonds is 5. The van der Waals surface area contributed by atoms with Crippen LogP contribution in [0.2, 0.25) is 5.02 Å². The smallest absolute Gasteiger partial charge is 0.273 e. The van der Waals surface area contributed by atoms with Gasteiger partial charge in [0.1, 0.15) is 18.0 Å². The molecule has 136 valence electrons. The molecule has 0 spiro atoms. The van der Waals surface area contributed by atoms with Gasteiger partial charge >= 0.3 is 0 Å². The maximum atomic E-state index is 12.7. The molecule has 26 heavy (non-hydrogen) atoms. The van der Waals surface area contributed by atoms with Crippen molar-refractivity contribution < 1.29 is 14.7 Å². The van der Waals surface area contributed by atoms with E-state index in [2.05, 4.69) is 15.3 Å². The lowest BCUT2D eigenvalue weighted by atomic mass is 10.1. The summed E-state index contributed by atoms with van der Waals surface area (Å²) in [6.07, 6.45) is 1.82. The van der Waals surface area contributed by atoms with Gasteiger partial charge in [0.15, 0.2) is 5.16 Å². The lowest BCUT2D eigenvalue weighted by molar-refractivity contribution is -0.121. The molecule has 0 unspecified atom stereocenters. The molecular weight excluding hydrogens is 376 g/mol. The summed E-state index contributed by atoms with van der Waals surface area (Å²) in [4.78, 5) is 34.8. The Labute approximate surface area is 159 Å². The Morgan fingerprint density at radius 3 is 2.77 bits per heavy atom. The summed E-state index contributed by atoms with van der Waals surface area (Å²) >= 11 is 7.58. The molecule has 2 amide bonds. The third-order valence-corrected chi connectivity index (χ3v) is 4.78. The lowest BCUT2D eigenvalue weighted by Gasteiger charge is -2.14. The first-order valence-electron chi connectivity index (χ1n) is 7.94. The van der Waals surface area contributed by atoms with Gasteiger partial charge in [-0.1, -0.05) is 23.4 Å². The fourth-order valence-electron chi connectivity index (χ4n) is 2.77. The number of phenolic OH excluding ortho intramolecular Hbond substituents is 1. The molecule has 3 rings (SSSR count). The van der Waals surface area contributed by atoms with Crippen LogP contribution in [0.4, 0.5) is 0 Å². The summed E-state index contributed by atoms with van der Waals surface area (Å²) in [5.41, 5.74) is 2.06. The van der Waals surface area contributed by atoms with Gasteiger partial charge in [-0.15, -0.1) is 0 Å². The summed E-state index contributed by atoms with van der Waals surface area (Å²) in [5.74, 6) is -0.487. The molecule has 1 aliphatic rings. The number of nitrogens with one attached hydrogen (secondary N) is 1. The van der Waals surface area contributed by atoms with Crippen molar-refractivity contribution in [1.29, 1.82) is 0 Å². The number of hydrogen-bond acceptors (Lipinski definition) is 6. The van der Waals surface area contributed by atoms with Crippen molar-refractivity contribution >= 4 is 35.2 Å². The first-order valence-corrected chi connectivity index (χ1v) is 9.54. The van der Waals surface area contributed by atoms with Crippen molar-refractivity contribution in [2.45, 2.75) is 18.6 Å². The van der Waals surface area contributed by atoms with E-state index < -0.39 is 0 Å². The second-order valence-electron chi connectivity index (χ2n) is 5.66. The number of aromatic hydroxyl groups is 1. The molecule has 1 aromatic heterocycles. The highest BCUT2D eigenvalue weighted by atomic mass is 35.5. The van der Waals surface area contributed by atoms with Gasteiger partial charge in [-0.05, 0) is 31.4 Å². The van der Waals surface area contributed by atoms with E-state index in [1.54, 1.807) is 6.07 Å². The third-order valence-electron chi connectivity index (χ3n) is 3.92. The molecule has 7 nitrogen and oxygen atoms in total. The minimum Gasteiger partial charge on any atom is -0.508 e. The maximum Gasteiger partial charge on any atom is 0.273 e. The standard InChI is InChI=1S/C17H17ClN4O3S/c1-3-19-13(24)8-22-7-11-14(10-5-4-9(23)6-12(10)18)20-17(26-2)21-15(11)16(22)25/h4-6,23H,3,7-8H2,1-2H3,(H,19,24). The topological polar surface area (TPSA) is 95.4 Å². The molecule has 0 bridgehead atoms. The van der Waals surface area contributed by atoms with Gasteiger partial charge in [0.25, 0.3) is 5.91 Å². The van der Waals surface area contributed by atoms with Crippen molar-refractivity contribution in [1.82, 2.24) is 20.2 Å². The quantitative estimate of drug-likeness (QED) is 0.599. The van der Waals surface area contributed by atoms with Gasteiger partial charge in [-0.3, -0.25) is 9.59 Å². The maximum absolute atomic E-state index is 12.7. The van der Waals surface area contributed by atoms with Gasteiger partial charge in [-0.25, -0.2) is 9.97 Å². The molecule has 2 aromatic rings. The Kier molecular flexibility index (Phi) is 5.33. The highest BCUT2D eigenvalue weighted by Crippen LogP contribution is 2.36. The fraction of sp³-hybridized carbons (Fsp3) is 0.294. The molecule has 0 radical (unpaired) electrons. The van der Waals surface area contributed by atoms with Crippen molar-refractivity contribution in [2.75, 3.05) is 19.3 Å². The Morgan fingerprint density at radius 2 is 2.12 bits per heavy atom. The summed E-state index contributed by atoms with van der Waals surface area (Å²) in [5, 5.41) is 13.0. The number of fused-ring (bicyclic) bond motifs is 1. The van der Waals surface area contributed by atoms with Gasteiger partial charge in [0.05, 0.1) is 17.3 Å². The number of carbonyl (C=O) groups excluding carboxylic acids is 2. The van der Waals surface area contributed by atoms with E-state index in [4.69, 9.17) is 11.6 Å². The number of carbonyl (C=O) groups is 2. The minimum absolute atomic E-state index is 0.0413. The predicted octanol–water partition coefficient (Wildman–Crippen LogP) is 2.32. The van der Waals surface area contributed by atoms with E-state index >= 15 is 0 Å². The van der Waals surface area contributed by atoms with Crippen molar-refractivity contribution in [3.63, 3.8) is 0 Å². The van der Waals surface area contributed by atoms with Crippen LogP contribution in [0.5, 0.6) is 5.75 Å². The predicted molar refractivity (Wildman–Crippen MR) is 99.3 cm³/mol. The van der Waals surface area contributed by atoms with Crippen LogP contribution in [-0.4, -0.2) is 51.1 Å². The SMILES string of the molecule is CCNC(=O)CN1Cc2c(nc(SC)nc2-c2ccc(O)cc2Cl)C1=O. The van der Waals surface area contributed by atoms with Crippen LogP contribution in [0.25, 0.3) is 11.3 Å². The largest absolute Gasteiger partial charge is 0.508 e. The van der Waals surface area contributed by atoms with Crippen LogP contribution in [0.1, 0.15) is 23.0 Å². The number of likely N-dealkylation sites (N-methyl/N-ethyl adjacent to an activating group) is 1. The average Bonchev–Trinajstić information content (AvgIpc) is 2.90. The van der Waals surface area contributed by atoms with Crippen LogP contribution < -0.4 is 5.32 Å². The van der Waals surface area contributed by atoms with Crippen molar-refractivity contribution in [3.8, 4) is 17.0 Å². The molecule has 9 heteroatoms. The number of thioether (sulfide) groups is 1. The summed E-state index contributed by atoms with van der Waals surface area (Å²) in [6.45, 7) is 2.51. The van der Waals surface area contributed by atoms with Crippen molar-refractivity contribution in [2.24, 2.45) is 0 Å². The number of benzene rings is 1. The zero-order valence-electron chi connectivity index (χ0n) is 14.2. The van der Waals surface area contributed by atoms with Crippen LogP contribution in [0, 0.1) is 0 Å². The van der Waals surface area contributed by atoms with Gasteiger partial charge in [0, 0.05) is 17.7 Å². The second-order valence-corrected chi connectivity index (χ2v) is 6.85. The molecule has 0 saturated carbocycles. The van der Waals surface area contributed by atoms with E-state index in [0.29, 0.717) is 33.5 Å². The lowest BCUT2D eigenvalue weighted by Crippen LogP contribution is -2.37. The highest BCUT2D eigenvalue weighted by Gasteiger charge is 2.34. The Morgan fingerprint density at radius 1 is 1.38 bits per heavy atom. The van der Waals surface area contributed by atoms with E-state index in [1.807, 2.05) is 13.2 Å². The highest BCUT2D eigenvalue weighted by molar-refractivity contribution is 7.98. The monoisotopic (exact) mass is 392 g/mol. The van der Waals surface area contributed by atoms with Gasteiger partial charge in [0.2, 0.25) is 5.91 Å². The number of amides is 2. The molecule has 0 saturated heterocycles. The van der Waals surface area contributed by atoms with E-state index in [9.17, 15) is 14.7 Å². The Hall–Kier alpha value is -2.32. The van der Waals surface area contributed by atoms with E-state index in [-0.39, 0.29) is 36.3 Å². The second kappa shape index (κ2) is 7.51. The number of halogens is 1. The summed E-state index contributed by atoms with van der Waals surface area (Å²) < 4.78 is 0. The number of nitrogens with zero attached hydrogens (tertiary/aromatic N) is 3. The first-order chi connectivity index (χ1) is 12.4. The van der Waals surface area contributed by atoms with Crippen molar-refractivity contribution in [3.05, 3.63) is 34.5 Å². The molecule has 0 aliphatic carbocycles. The number of hydrogen-bond donors (Lipinski definition) is 2. The average molecular weight is 393 g/mol. The van der Waals surface area contributed by atoms with Crippen LogP contribution in [0.15, 0.2) is 23.4 Å². The third kappa shape index (κ3) is 3.47. The fourth-order valence-corrected chi connectivity index (χ4v) is 3.40. The minimum atomic E-state index is -0.305. The Balaban J connectivity index is 2.05. The normalized spacial score (nSPS) is 13.0. The van der Waals surface area contributed by atoms with Crippen LogP contribution in [-0.2, 0) is 11.3 Å². The molecule has 0 fully saturated rings. The number of phenols is 1. The zero-order chi connectivity index (χ0) is 18.8. The van der Waals surface area contributed by atoms with Gasteiger partial charge < -0.3 is 15.3 Å².